The van der Waals surface area contributed by atoms with Crippen LogP contribution in [-0.4, -0.2) is 13.4 Å². The first-order valence-electron chi connectivity index (χ1n) is 18.8. The Morgan fingerprint density at radius 2 is 0.722 bits per heavy atom. The lowest BCUT2D eigenvalue weighted by atomic mass is 9.30. The van der Waals surface area contributed by atoms with Crippen molar-refractivity contribution in [3.05, 3.63) is 188 Å². The summed E-state index contributed by atoms with van der Waals surface area (Å²) >= 11 is 0. The minimum Gasteiger partial charge on any atom is -0.356 e. The molecule has 4 nitrogen and oxygen atoms in total. The summed E-state index contributed by atoms with van der Waals surface area (Å²) in [7, 11) is 0. The minimum absolute atomic E-state index is 0.0453. The first-order valence-corrected chi connectivity index (χ1v) is 18.8. The predicted octanol–water partition coefficient (Wildman–Crippen LogP) is 8.13. The van der Waals surface area contributed by atoms with Gasteiger partial charge < -0.3 is 20.0 Å². The number of para-hydroxylation sites is 5. The van der Waals surface area contributed by atoms with Crippen LogP contribution in [0, 0.1) is 0 Å². The van der Waals surface area contributed by atoms with Gasteiger partial charge in [0.05, 0.1) is 0 Å². The highest BCUT2D eigenvalue weighted by Gasteiger charge is 2.46. The summed E-state index contributed by atoms with van der Waals surface area (Å²) in [4.78, 5) is 7.38. The molecule has 54 heavy (non-hydrogen) atoms. The molecule has 4 aliphatic heterocycles. The summed E-state index contributed by atoms with van der Waals surface area (Å²) in [5.41, 5.74) is 21.0. The molecule has 4 heterocycles. The molecule has 1 N–H and O–H groups in total. The molecule has 0 aliphatic carbocycles. The maximum atomic E-state index is 3.97. The quantitative estimate of drug-likeness (QED) is 0.190. The predicted molar refractivity (Wildman–Crippen MR) is 230 cm³/mol. The standard InChI is InChI=1S/C48H32B2N4/c1-4-16-32(17-5-1)52-41-25-12-10-22-35(41)49-37-30-38-46(31-40(37)51-39-24-14-27-43(52)47(39)49)54(34-20-8-3-9-21-34)45-29-15-28-44-48(45)50(38)36-23-11-13-26-42(36)53(44)33-18-6-2-7-19-33/h1-31,51H. The van der Waals surface area contributed by atoms with Gasteiger partial charge in [-0.15, -0.1) is 0 Å². The number of rotatable bonds is 3. The van der Waals surface area contributed by atoms with E-state index in [0.717, 1.165) is 28.4 Å². The maximum absolute atomic E-state index is 3.97. The summed E-state index contributed by atoms with van der Waals surface area (Å²) in [6.45, 7) is 0.110. The smallest absolute Gasteiger partial charge is 0.252 e. The summed E-state index contributed by atoms with van der Waals surface area (Å²) in [5, 5.41) is 3.97. The highest BCUT2D eigenvalue weighted by molar-refractivity contribution is 7.03. The second-order valence-corrected chi connectivity index (χ2v) is 14.6. The third-order valence-corrected chi connectivity index (χ3v) is 11.8. The Kier molecular flexibility index (Phi) is 6.20. The van der Waals surface area contributed by atoms with E-state index in [2.05, 4.69) is 208 Å². The molecular weight excluding hydrogens is 654 g/mol. The fraction of sp³-hybridized carbons (Fsp3) is 0. The molecule has 0 fully saturated rings. The lowest BCUT2D eigenvalue weighted by molar-refractivity contribution is 1.25. The molecule has 0 aromatic heterocycles. The second kappa shape index (κ2) is 11.3. The van der Waals surface area contributed by atoms with Crippen molar-refractivity contribution >= 4 is 109 Å². The van der Waals surface area contributed by atoms with Gasteiger partial charge in [0, 0.05) is 62.6 Å². The highest BCUT2D eigenvalue weighted by atomic mass is 15.2. The van der Waals surface area contributed by atoms with Crippen molar-refractivity contribution in [1.29, 1.82) is 0 Å². The van der Waals surface area contributed by atoms with Crippen LogP contribution >= 0.6 is 0 Å². The zero-order chi connectivity index (χ0) is 35.3. The lowest BCUT2D eigenvalue weighted by Crippen LogP contribution is -2.64. The van der Waals surface area contributed by atoms with Gasteiger partial charge in [-0.25, -0.2) is 0 Å². The highest BCUT2D eigenvalue weighted by Crippen LogP contribution is 2.45. The monoisotopic (exact) mass is 686 g/mol. The number of hydrogen-bond donors (Lipinski definition) is 1. The van der Waals surface area contributed by atoms with E-state index in [9.17, 15) is 0 Å². The van der Waals surface area contributed by atoms with Crippen LogP contribution in [0.15, 0.2) is 188 Å². The van der Waals surface area contributed by atoms with E-state index in [-0.39, 0.29) is 13.4 Å². The van der Waals surface area contributed by atoms with Gasteiger partial charge in [0.25, 0.3) is 13.4 Å². The fourth-order valence-electron chi connectivity index (χ4n) is 9.71. The van der Waals surface area contributed by atoms with Gasteiger partial charge in [-0.1, -0.05) is 109 Å². The molecule has 12 rings (SSSR count). The van der Waals surface area contributed by atoms with Crippen molar-refractivity contribution in [2.24, 2.45) is 0 Å². The normalized spacial score (nSPS) is 13.9. The molecule has 0 amide bonds. The molecule has 0 radical (unpaired) electrons. The Hall–Kier alpha value is -6.91. The Morgan fingerprint density at radius 1 is 0.296 bits per heavy atom. The average Bonchev–Trinajstić information content (AvgIpc) is 3.24. The van der Waals surface area contributed by atoms with Gasteiger partial charge in [0.1, 0.15) is 0 Å². The van der Waals surface area contributed by atoms with Crippen LogP contribution in [0.1, 0.15) is 0 Å². The van der Waals surface area contributed by atoms with Crippen molar-refractivity contribution < 1.29 is 0 Å². The molecule has 250 valence electrons. The first-order chi connectivity index (χ1) is 26.8. The van der Waals surface area contributed by atoms with Crippen LogP contribution in [-0.2, 0) is 0 Å². The van der Waals surface area contributed by atoms with Crippen molar-refractivity contribution in [3.63, 3.8) is 0 Å². The van der Waals surface area contributed by atoms with E-state index in [4.69, 9.17) is 0 Å². The average molecular weight is 686 g/mol. The number of nitrogens with zero attached hydrogens (tertiary/aromatic N) is 3. The Labute approximate surface area is 315 Å². The first kappa shape index (κ1) is 29.6. The van der Waals surface area contributed by atoms with E-state index in [1.54, 1.807) is 0 Å². The van der Waals surface area contributed by atoms with Gasteiger partial charge in [-0.2, -0.15) is 0 Å². The van der Waals surface area contributed by atoms with Crippen LogP contribution in [0.3, 0.4) is 0 Å². The molecule has 8 aromatic carbocycles. The number of nitrogens with one attached hydrogen (secondary N) is 1. The SMILES string of the molecule is c1ccc(N2c3ccccc3B3c4cc5c(cc4Nc4cccc2c43)N(c2ccccc2)c2cccc3c2B5c2ccccc2N3c2ccccc2)cc1. The van der Waals surface area contributed by atoms with Crippen LogP contribution in [0.25, 0.3) is 0 Å². The molecule has 6 heteroatoms. The fourth-order valence-corrected chi connectivity index (χ4v) is 9.71. The minimum atomic E-state index is 0.0453. The van der Waals surface area contributed by atoms with Gasteiger partial charge in [-0.05, 0) is 112 Å². The van der Waals surface area contributed by atoms with Crippen molar-refractivity contribution in [2.75, 3.05) is 20.0 Å². The summed E-state index contributed by atoms with van der Waals surface area (Å²) in [6.07, 6.45) is 0. The van der Waals surface area contributed by atoms with Gasteiger partial charge in [0.15, 0.2) is 0 Å². The molecule has 8 aromatic rings. The van der Waals surface area contributed by atoms with Gasteiger partial charge >= 0.3 is 0 Å². The summed E-state index contributed by atoms with van der Waals surface area (Å²) in [6, 6.07) is 69.0. The summed E-state index contributed by atoms with van der Waals surface area (Å²) in [5.74, 6) is 0. The number of hydrogen-bond acceptors (Lipinski definition) is 4. The molecule has 0 spiro atoms. The molecule has 4 aliphatic rings. The van der Waals surface area contributed by atoms with Crippen LogP contribution in [0.5, 0.6) is 0 Å². The molecular formula is C48H32B2N4. The Balaban J connectivity index is 1.14. The summed E-state index contributed by atoms with van der Waals surface area (Å²) < 4.78 is 0. The molecule has 0 unspecified atom stereocenters. The van der Waals surface area contributed by atoms with E-state index < -0.39 is 0 Å². The zero-order valence-electron chi connectivity index (χ0n) is 29.4. The number of fused-ring (bicyclic) bond motifs is 8. The molecule has 0 atom stereocenters. The Bertz CT molecular complexity index is 2790. The van der Waals surface area contributed by atoms with Gasteiger partial charge in [0.2, 0.25) is 0 Å². The van der Waals surface area contributed by atoms with Crippen molar-refractivity contribution in [1.82, 2.24) is 0 Å². The van der Waals surface area contributed by atoms with Crippen molar-refractivity contribution in [3.8, 4) is 0 Å². The number of benzene rings is 8. The number of anilines is 11. The van der Waals surface area contributed by atoms with E-state index >= 15 is 0 Å². The maximum Gasteiger partial charge on any atom is 0.252 e. The lowest BCUT2D eigenvalue weighted by Gasteiger charge is -2.45. The van der Waals surface area contributed by atoms with Crippen LogP contribution in [0.4, 0.5) is 62.6 Å². The second-order valence-electron chi connectivity index (χ2n) is 14.6. The topological polar surface area (TPSA) is 21.8 Å². The van der Waals surface area contributed by atoms with Crippen LogP contribution in [0.2, 0.25) is 0 Å². The van der Waals surface area contributed by atoms with Crippen molar-refractivity contribution in [2.45, 2.75) is 0 Å². The van der Waals surface area contributed by atoms with Crippen LogP contribution < -0.4 is 52.8 Å². The molecule has 0 bridgehead atoms. The third kappa shape index (κ3) is 4.05. The van der Waals surface area contributed by atoms with E-state index in [1.165, 1.54) is 66.9 Å². The zero-order valence-corrected chi connectivity index (χ0v) is 29.4. The molecule has 0 saturated carbocycles. The largest absolute Gasteiger partial charge is 0.356 e. The van der Waals surface area contributed by atoms with E-state index in [1.807, 2.05) is 0 Å². The Morgan fingerprint density at radius 3 is 1.28 bits per heavy atom. The van der Waals surface area contributed by atoms with Gasteiger partial charge in [-0.3, -0.25) is 0 Å². The third-order valence-electron chi connectivity index (χ3n) is 11.8. The molecule has 0 saturated heterocycles. The van der Waals surface area contributed by atoms with E-state index in [0.29, 0.717) is 0 Å².